The fraction of sp³-hybridized carbons (Fsp3) is 0.211. The molecule has 3 rings (SSSR count). The summed E-state index contributed by atoms with van der Waals surface area (Å²) in [6.45, 7) is 2.50. The number of hydrogen-bond acceptors (Lipinski definition) is 5. The van der Waals surface area contributed by atoms with Crippen LogP contribution < -0.4 is 4.74 Å². The van der Waals surface area contributed by atoms with Crippen LogP contribution in [0.25, 0.3) is 0 Å². The van der Waals surface area contributed by atoms with Crippen molar-refractivity contribution in [3.8, 4) is 5.75 Å². The van der Waals surface area contributed by atoms with Crippen LogP contribution in [0.2, 0.25) is 5.02 Å². The van der Waals surface area contributed by atoms with Gasteiger partial charge < -0.3 is 4.74 Å². The van der Waals surface area contributed by atoms with E-state index in [0.29, 0.717) is 17.4 Å². The van der Waals surface area contributed by atoms with Crippen molar-refractivity contribution in [2.75, 3.05) is 6.26 Å². The molecular weight excluding hydrogens is 368 g/mol. The molecule has 0 fully saturated rings. The number of thioether (sulfide) groups is 1. The van der Waals surface area contributed by atoms with Crippen molar-refractivity contribution in [2.45, 2.75) is 25.1 Å². The average Bonchev–Trinajstić information content (AvgIpc) is 3.08. The summed E-state index contributed by atoms with van der Waals surface area (Å²) < 4.78 is 7.54. The molecule has 2 aromatic carbocycles. The zero-order valence-electron chi connectivity index (χ0n) is 14.6. The van der Waals surface area contributed by atoms with Crippen molar-refractivity contribution in [3.63, 3.8) is 0 Å². The Bertz CT molecular complexity index is 874. The van der Waals surface area contributed by atoms with Crippen molar-refractivity contribution in [1.29, 1.82) is 0 Å². The molecule has 0 aliphatic heterocycles. The molecule has 134 valence electrons. The Balaban J connectivity index is 1.72. The monoisotopic (exact) mass is 386 g/mol. The van der Waals surface area contributed by atoms with Gasteiger partial charge in [-0.2, -0.15) is 9.78 Å². The number of rotatable bonds is 7. The van der Waals surface area contributed by atoms with Crippen LogP contribution in [0.5, 0.6) is 5.75 Å². The van der Waals surface area contributed by atoms with E-state index in [1.165, 1.54) is 11.8 Å². The number of halogens is 1. The smallest absolute Gasteiger partial charge is 0.211 e. The molecule has 0 atom stereocenters. The van der Waals surface area contributed by atoms with Crippen molar-refractivity contribution < 1.29 is 4.74 Å². The molecule has 0 aliphatic rings. The first-order valence-corrected chi connectivity index (χ1v) is 9.80. The molecule has 0 unspecified atom stereocenters. The van der Waals surface area contributed by atoms with Gasteiger partial charge in [-0.1, -0.05) is 60.6 Å². The fourth-order valence-corrected chi connectivity index (χ4v) is 3.03. The molecule has 1 aromatic heterocycles. The molecule has 26 heavy (non-hydrogen) atoms. The number of ether oxygens (including phenoxy) is 1. The highest BCUT2D eigenvalue weighted by atomic mass is 35.5. The minimum atomic E-state index is 0.478. The van der Waals surface area contributed by atoms with Crippen LogP contribution in [-0.4, -0.2) is 27.3 Å². The third kappa shape index (κ3) is 4.45. The third-order valence-corrected chi connectivity index (χ3v) is 4.61. The number of aromatic nitrogens is 3. The van der Waals surface area contributed by atoms with Crippen LogP contribution in [0.1, 0.15) is 23.9 Å². The first kappa shape index (κ1) is 18.5. The first-order valence-electron chi connectivity index (χ1n) is 8.20. The number of nitrogens with zero attached hydrogens (tertiary/aromatic N) is 4. The molecular formula is C19H19ClN4OS. The predicted molar refractivity (Wildman–Crippen MR) is 106 cm³/mol. The van der Waals surface area contributed by atoms with Crippen molar-refractivity contribution in [2.24, 2.45) is 5.10 Å². The Morgan fingerprint density at radius 1 is 1.19 bits per heavy atom. The largest absolute Gasteiger partial charge is 0.487 e. The lowest BCUT2D eigenvalue weighted by atomic mass is 10.2. The molecule has 0 N–H and O–H groups in total. The standard InChI is InChI=1S/C19H19ClN4OS/c1-3-18-22-23-19(26-2)24(18)21-12-15-9-10-17(16(20)11-15)25-13-14-7-5-4-6-8-14/h4-12H,3,13H2,1-2H3/b21-12-. The topological polar surface area (TPSA) is 52.3 Å². The zero-order chi connectivity index (χ0) is 18.4. The van der Waals surface area contributed by atoms with Crippen LogP contribution in [-0.2, 0) is 13.0 Å². The lowest BCUT2D eigenvalue weighted by Crippen LogP contribution is -1.99. The molecule has 1 heterocycles. The Kier molecular flexibility index (Phi) is 6.30. The summed E-state index contributed by atoms with van der Waals surface area (Å²) >= 11 is 7.86. The summed E-state index contributed by atoms with van der Waals surface area (Å²) in [5, 5.41) is 14.0. The maximum Gasteiger partial charge on any atom is 0.211 e. The van der Waals surface area contributed by atoms with Gasteiger partial charge in [-0.3, -0.25) is 0 Å². The van der Waals surface area contributed by atoms with E-state index in [4.69, 9.17) is 16.3 Å². The molecule has 0 radical (unpaired) electrons. The average molecular weight is 387 g/mol. The van der Waals surface area contributed by atoms with Crippen LogP contribution in [0, 0.1) is 0 Å². The Labute approximate surface area is 162 Å². The number of benzene rings is 2. The van der Waals surface area contributed by atoms with Gasteiger partial charge in [0.2, 0.25) is 5.16 Å². The van der Waals surface area contributed by atoms with Gasteiger partial charge in [0, 0.05) is 6.42 Å². The second-order valence-electron chi connectivity index (χ2n) is 5.48. The summed E-state index contributed by atoms with van der Waals surface area (Å²) in [7, 11) is 0. The van der Waals surface area contributed by atoms with Gasteiger partial charge in [0.15, 0.2) is 5.82 Å². The highest BCUT2D eigenvalue weighted by molar-refractivity contribution is 7.98. The molecule has 7 heteroatoms. The first-order chi connectivity index (χ1) is 12.7. The van der Waals surface area contributed by atoms with Gasteiger partial charge in [-0.25, -0.2) is 0 Å². The van der Waals surface area contributed by atoms with Crippen LogP contribution in [0.3, 0.4) is 0 Å². The molecule has 5 nitrogen and oxygen atoms in total. The van der Waals surface area contributed by atoms with Crippen LogP contribution in [0.4, 0.5) is 0 Å². The van der Waals surface area contributed by atoms with Gasteiger partial charge in [0.05, 0.1) is 11.2 Å². The maximum absolute atomic E-state index is 6.35. The molecule has 0 saturated heterocycles. The highest BCUT2D eigenvalue weighted by Gasteiger charge is 2.08. The summed E-state index contributed by atoms with van der Waals surface area (Å²) in [6, 6.07) is 15.6. The normalized spacial score (nSPS) is 11.2. The van der Waals surface area contributed by atoms with Crippen molar-refractivity contribution in [3.05, 3.63) is 70.5 Å². The Morgan fingerprint density at radius 3 is 2.69 bits per heavy atom. The van der Waals surface area contributed by atoms with Gasteiger partial charge in [-0.05, 0) is 35.6 Å². The molecule has 0 spiro atoms. The van der Waals surface area contributed by atoms with E-state index in [2.05, 4.69) is 15.3 Å². The highest BCUT2D eigenvalue weighted by Crippen LogP contribution is 2.26. The third-order valence-electron chi connectivity index (χ3n) is 3.69. The summed E-state index contributed by atoms with van der Waals surface area (Å²) in [5.74, 6) is 1.47. The van der Waals surface area contributed by atoms with Crippen LogP contribution in [0.15, 0.2) is 58.8 Å². The van der Waals surface area contributed by atoms with E-state index >= 15 is 0 Å². The Morgan fingerprint density at radius 2 is 2.00 bits per heavy atom. The van der Waals surface area contributed by atoms with E-state index in [1.54, 1.807) is 10.9 Å². The molecule has 0 saturated carbocycles. The summed E-state index contributed by atoms with van der Waals surface area (Å²) in [5.41, 5.74) is 1.98. The van der Waals surface area contributed by atoms with Crippen molar-refractivity contribution >= 4 is 29.6 Å². The molecule has 0 amide bonds. The van der Waals surface area contributed by atoms with Crippen molar-refractivity contribution in [1.82, 2.24) is 14.9 Å². The van der Waals surface area contributed by atoms with Gasteiger partial charge in [-0.15, -0.1) is 10.2 Å². The lowest BCUT2D eigenvalue weighted by molar-refractivity contribution is 0.306. The molecule has 0 aliphatic carbocycles. The second kappa shape index (κ2) is 8.87. The summed E-state index contributed by atoms with van der Waals surface area (Å²) in [4.78, 5) is 0. The maximum atomic E-state index is 6.35. The number of aryl methyl sites for hydroxylation is 1. The van der Waals surface area contributed by atoms with E-state index in [0.717, 1.165) is 28.5 Å². The van der Waals surface area contributed by atoms with E-state index in [1.807, 2.05) is 61.7 Å². The molecule has 3 aromatic rings. The quantitative estimate of drug-likeness (QED) is 0.437. The fourth-order valence-electron chi connectivity index (χ4n) is 2.33. The second-order valence-corrected chi connectivity index (χ2v) is 6.66. The summed E-state index contributed by atoms with van der Waals surface area (Å²) in [6.07, 6.45) is 4.46. The minimum Gasteiger partial charge on any atom is -0.487 e. The SMILES string of the molecule is CCc1nnc(SC)n1/N=C\c1ccc(OCc2ccccc2)c(Cl)c1. The van der Waals surface area contributed by atoms with E-state index in [9.17, 15) is 0 Å². The molecule has 0 bridgehead atoms. The predicted octanol–water partition coefficient (Wildman–Crippen LogP) is 4.68. The zero-order valence-corrected chi connectivity index (χ0v) is 16.2. The lowest BCUT2D eigenvalue weighted by Gasteiger charge is -2.08. The van der Waals surface area contributed by atoms with Gasteiger partial charge in [0.25, 0.3) is 0 Å². The van der Waals surface area contributed by atoms with E-state index in [-0.39, 0.29) is 0 Å². The Hall–Kier alpha value is -2.31. The van der Waals surface area contributed by atoms with Crippen LogP contribution >= 0.6 is 23.4 Å². The van der Waals surface area contributed by atoms with E-state index < -0.39 is 0 Å². The minimum absolute atomic E-state index is 0.478. The van der Waals surface area contributed by atoms with Gasteiger partial charge in [0.1, 0.15) is 12.4 Å². The van der Waals surface area contributed by atoms with Gasteiger partial charge >= 0.3 is 0 Å². The number of hydrogen-bond donors (Lipinski definition) is 0.